The van der Waals surface area contributed by atoms with Gasteiger partial charge in [-0.1, -0.05) is 31.5 Å². The molecule has 0 aliphatic rings. The van der Waals surface area contributed by atoms with E-state index in [0.29, 0.717) is 0 Å². The molecule has 1 heterocycles. The van der Waals surface area contributed by atoms with Gasteiger partial charge >= 0.3 is 0 Å². The molecule has 0 radical (unpaired) electrons. The van der Waals surface area contributed by atoms with Crippen molar-refractivity contribution in [2.75, 3.05) is 0 Å². The second-order valence-corrected chi connectivity index (χ2v) is 4.51. The van der Waals surface area contributed by atoms with Crippen LogP contribution in [-0.4, -0.2) is 16.2 Å². The minimum atomic E-state index is -0.167. The minimum absolute atomic E-state index is 0.167. The molecule has 1 aromatic carbocycles. The number of nitrogens with zero attached hydrogens (tertiary/aromatic N) is 1. The quantitative estimate of drug-likeness (QED) is 0.853. The van der Waals surface area contributed by atoms with Crippen LogP contribution < -0.4 is 0 Å². The van der Waals surface area contributed by atoms with Crippen LogP contribution in [0.15, 0.2) is 36.5 Å². The van der Waals surface area contributed by atoms with Crippen LogP contribution in [0.4, 0.5) is 0 Å². The molecule has 0 saturated carbocycles. The van der Waals surface area contributed by atoms with Gasteiger partial charge in [0, 0.05) is 11.6 Å². The fourth-order valence-corrected chi connectivity index (χ4v) is 2.08. The predicted octanol–water partition coefficient (Wildman–Crippen LogP) is 3.33. The number of aryl methyl sites for hydroxylation is 1. The number of pyridine rings is 1. The maximum Gasteiger partial charge on any atom is 0.0704 e. The highest BCUT2D eigenvalue weighted by Gasteiger charge is 2.04. The maximum atomic E-state index is 9.71. The summed E-state index contributed by atoms with van der Waals surface area (Å²) in [6, 6.07) is 10.4. The first-order valence-corrected chi connectivity index (χ1v) is 6.31. The highest BCUT2D eigenvalue weighted by molar-refractivity contribution is 5.78. The number of hydrogen-bond donors (Lipinski definition) is 1. The van der Waals surface area contributed by atoms with Gasteiger partial charge in [0.15, 0.2) is 0 Å². The van der Waals surface area contributed by atoms with Crippen molar-refractivity contribution in [2.45, 2.75) is 38.7 Å². The van der Waals surface area contributed by atoms with E-state index < -0.39 is 0 Å². The Hall–Kier alpha value is -1.41. The third kappa shape index (κ3) is 3.27. The molecule has 2 aromatic rings. The molecule has 17 heavy (non-hydrogen) atoms. The predicted molar refractivity (Wildman–Crippen MR) is 71.0 cm³/mol. The van der Waals surface area contributed by atoms with Crippen molar-refractivity contribution in [2.24, 2.45) is 0 Å². The van der Waals surface area contributed by atoms with Gasteiger partial charge in [-0.05, 0) is 37.0 Å². The summed E-state index contributed by atoms with van der Waals surface area (Å²) in [6.45, 7) is 2.10. The van der Waals surface area contributed by atoms with E-state index in [2.05, 4.69) is 36.2 Å². The Kier molecular flexibility index (Phi) is 4.10. The first-order chi connectivity index (χ1) is 8.29. The highest BCUT2D eigenvalue weighted by Crippen LogP contribution is 2.15. The van der Waals surface area contributed by atoms with Crippen LogP contribution in [0, 0.1) is 0 Å². The first-order valence-electron chi connectivity index (χ1n) is 6.31. The zero-order valence-corrected chi connectivity index (χ0v) is 10.3. The van der Waals surface area contributed by atoms with Gasteiger partial charge in [-0.25, -0.2) is 0 Å². The fraction of sp³-hybridized carbons (Fsp3) is 0.400. The lowest BCUT2D eigenvalue weighted by Gasteiger charge is -2.09. The number of aliphatic hydroxyl groups is 1. The van der Waals surface area contributed by atoms with Crippen LogP contribution in [0.2, 0.25) is 0 Å². The summed E-state index contributed by atoms with van der Waals surface area (Å²) in [5.41, 5.74) is 2.29. The lowest BCUT2D eigenvalue weighted by atomic mass is 10.0. The van der Waals surface area contributed by atoms with Gasteiger partial charge in [0.25, 0.3) is 0 Å². The van der Waals surface area contributed by atoms with Crippen molar-refractivity contribution < 1.29 is 5.11 Å². The summed E-state index contributed by atoms with van der Waals surface area (Å²) >= 11 is 0. The largest absolute Gasteiger partial charge is 0.393 e. The van der Waals surface area contributed by atoms with E-state index in [-0.39, 0.29) is 6.10 Å². The summed E-state index contributed by atoms with van der Waals surface area (Å²) in [6.07, 6.45) is 5.35. The van der Waals surface area contributed by atoms with Crippen molar-refractivity contribution in [1.82, 2.24) is 4.98 Å². The van der Waals surface area contributed by atoms with Crippen molar-refractivity contribution in [3.05, 3.63) is 42.1 Å². The Balaban J connectivity index is 2.04. The van der Waals surface area contributed by atoms with Gasteiger partial charge in [0.05, 0.1) is 11.6 Å². The average Bonchev–Trinajstić information content (AvgIpc) is 2.36. The van der Waals surface area contributed by atoms with E-state index >= 15 is 0 Å². The number of hydrogen-bond acceptors (Lipinski definition) is 2. The highest BCUT2D eigenvalue weighted by atomic mass is 16.3. The molecular weight excluding hydrogens is 210 g/mol. The zero-order valence-electron chi connectivity index (χ0n) is 10.3. The lowest BCUT2D eigenvalue weighted by molar-refractivity contribution is 0.154. The molecule has 0 aliphatic carbocycles. The van der Waals surface area contributed by atoms with E-state index in [1.807, 2.05) is 12.3 Å². The topological polar surface area (TPSA) is 33.1 Å². The molecule has 1 atom stereocenters. The van der Waals surface area contributed by atoms with Crippen molar-refractivity contribution in [1.29, 1.82) is 0 Å². The molecule has 1 unspecified atom stereocenters. The summed E-state index contributed by atoms with van der Waals surface area (Å²) in [5, 5.41) is 10.9. The molecule has 2 rings (SSSR count). The molecule has 0 aliphatic heterocycles. The maximum absolute atomic E-state index is 9.71. The number of benzene rings is 1. The van der Waals surface area contributed by atoms with E-state index in [4.69, 9.17) is 0 Å². The first kappa shape index (κ1) is 12.1. The lowest BCUT2D eigenvalue weighted by Crippen LogP contribution is -2.07. The van der Waals surface area contributed by atoms with E-state index in [1.54, 1.807) is 0 Å². The number of fused-ring (bicyclic) bond motifs is 1. The Morgan fingerprint density at radius 3 is 2.94 bits per heavy atom. The normalized spacial score (nSPS) is 12.8. The van der Waals surface area contributed by atoms with Crippen LogP contribution in [0.5, 0.6) is 0 Å². The standard InChI is InChI=1S/C15H19NO/c1-2-4-14(17)9-7-12-6-8-13-5-3-10-16-15(13)11-12/h3,5-6,8,10-11,14,17H,2,4,7,9H2,1H3. The van der Waals surface area contributed by atoms with Gasteiger partial charge in [0.1, 0.15) is 0 Å². The molecular formula is C15H19NO. The van der Waals surface area contributed by atoms with Crippen LogP contribution >= 0.6 is 0 Å². The number of aliphatic hydroxyl groups excluding tert-OH is 1. The van der Waals surface area contributed by atoms with Crippen molar-refractivity contribution in [3.63, 3.8) is 0 Å². The van der Waals surface area contributed by atoms with Gasteiger partial charge in [0.2, 0.25) is 0 Å². The molecule has 0 saturated heterocycles. The third-order valence-electron chi connectivity index (χ3n) is 3.06. The summed E-state index contributed by atoms with van der Waals surface area (Å²) in [7, 11) is 0. The fourth-order valence-electron chi connectivity index (χ4n) is 2.08. The van der Waals surface area contributed by atoms with Crippen LogP contribution in [0.1, 0.15) is 31.7 Å². The summed E-state index contributed by atoms with van der Waals surface area (Å²) in [4.78, 5) is 4.34. The average molecular weight is 229 g/mol. The van der Waals surface area contributed by atoms with Gasteiger partial charge in [-0.2, -0.15) is 0 Å². The molecule has 0 spiro atoms. The molecule has 0 amide bonds. The van der Waals surface area contributed by atoms with Gasteiger partial charge < -0.3 is 5.11 Å². The van der Waals surface area contributed by atoms with E-state index in [1.165, 1.54) is 10.9 Å². The van der Waals surface area contributed by atoms with Crippen LogP contribution in [0.25, 0.3) is 10.9 Å². The molecule has 90 valence electrons. The van der Waals surface area contributed by atoms with Gasteiger partial charge in [-0.3, -0.25) is 4.98 Å². The molecule has 0 bridgehead atoms. The van der Waals surface area contributed by atoms with E-state index in [9.17, 15) is 5.11 Å². The smallest absolute Gasteiger partial charge is 0.0704 e. The number of aromatic nitrogens is 1. The zero-order chi connectivity index (χ0) is 12.1. The Morgan fingerprint density at radius 2 is 2.12 bits per heavy atom. The molecule has 1 N–H and O–H groups in total. The molecule has 2 nitrogen and oxygen atoms in total. The molecule has 0 fully saturated rings. The van der Waals surface area contributed by atoms with Crippen LogP contribution in [0.3, 0.4) is 0 Å². The summed E-state index contributed by atoms with van der Waals surface area (Å²) < 4.78 is 0. The summed E-state index contributed by atoms with van der Waals surface area (Å²) in [5.74, 6) is 0. The Labute approximate surface area is 102 Å². The second-order valence-electron chi connectivity index (χ2n) is 4.51. The molecule has 1 aromatic heterocycles. The SMILES string of the molecule is CCCC(O)CCc1ccc2cccnc2c1. The third-order valence-corrected chi connectivity index (χ3v) is 3.06. The van der Waals surface area contributed by atoms with Gasteiger partial charge in [-0.15, -0.1) is 0 Å². The van der Waals surface area contributed by atoms with E-state index in [0.717, 1.165) is 31.2 Å². The Bertz CT molecular complexity index is 481. The van der Waals surface area contributed by atoms with Crippen molar-refractivity contribution >= 4 is 10.9 Å². The minimum Gasteiger partial charge on any atom is -0.393 e. The van der Waals surface area contributed by atoms with Crippen LogP contribution in [-0.2, 0) is 6.42 Å². The molecule has 2 heteroatoms. The number of rotatable bonds is 5. The Morgan fingerprint density at radius 1 is 1.24 bits per heavy atom. The second kappa shape index (κ2) is 5.78. The van der Waals surface area contributed by atoms with Crippen molar-refractivity contribution in [3.8, 4) is 0 Å². The monoisotopic (exact) mass is 229 g/mol.